The van der Waals surface area contributed by atoms with Crippen molar-refractivity contribution in [2.75, 3.05) is 14.2 Å². The lowest BCUT2D eigenvalue weighted by molar-refractivity contribution is -0.152. The zero-order valence-corrected chi connectivity index (χ0v) is 17.0. The molecule has 0 amide bonds. The third-order valence-corrected chi connectivity index (χ3v) is 6.89. The summed E-state index contributed by atoms with van der Waals surface area (Å²) in [6.45, 7) is 0. The van der Waals surface area contributed by atoms with E-state index in [1.54, 1.807) is 38.7 Å². The fourth-order valence-corrected chi connectivity index (χ4v) is 5.67. The highest BCUT2D eigenvalue weighted by Gasteiger charge is 2.65. The number of fused-ring (bicyclic) bond motifs is 10. The van der Waals surface area contributed by atoms with Gasteiger partial charge in [-0.25, -0.2) is 4.79 Å². The van der Waals surface area contributed by atoms with Gasteiger partial charge in [0.05, 0.1) is 31.3 Å². The Bertz CT molecular complexity index is 1530. The highest BCUT2D eigenvalue weighted by Crippen LogP contribution is 2.67. The van der Waals surface area contributed by atoms with Gasteiger partial charge in [-0.05, 0) is 12.1 Å². The standard InChI is InChI=1S/C24H16O8/c1-27-21-9-3-4-15(25)30-12(9)8-13-17(21)19-18-16-14(32-24(26)20(18)23(19)31-13)7-11-10(5-6-29-11)22(16)28-2/h3-8,18-20,23H,1-2H3/t18-,19+,20-,23+/m1/s1. The Morgan fingerprint density at radius 2 is 1.53 bits per heavy atom. The van der Waals surface area contributed by atoms with E-state index < -0.39 is 17.6 Å². The Morgan fingerprint density at radius 1 is 0.812 bits per heavy atom. The summed E-state index contributed by atoms with van der Waals surface area (Å²) in [7, 11) is 3.17. The maximum Gasteiger partial charge on any atom is 0.336 e. The molecule has 2 aromatic carbocycles. The van der Waals surface area contributed by atoms with Crippen LogP contribution >= 0.6 is 0 Å². The lowest BCUT2D eigenvalue weighted by Crippen LogP contribution is -2.55. The summed E-state index contributed by atoms with van der Waals surface area (Å²) in [4.78, 5) is 24.7. The molecule has 32 heavy (non-hydrogen) atoms. The molecule has 1 aliphatic carbocycles. The minimum Gasteiger partial charge on any atom is -0.496 e. The van der Waals surface area contributed by atoms with E-state index in [4.69, 9.17) is 27.8 Å². The van der Waals surface area contributed by atoms with Crippen LogP contribution in [0, 0.1) is 5.92 Å². The van der Waals surface area contributed by atoms with E-state index in [0.717, 1.165) is 16.5 Å². The molecule has 0 N–H and O–H groups in total. The molecule has 4 aromatic rings. The van der Waals surface area contributed by atoms with Crippen LogP contribution in [-0.2, 0) is 4.79 Å². The summed E-state index contributed by atoms with van der Waals surface area (Å²) in [6, 6.07) is 8.31. The van der Waals surface area contributed by atoms with E-state index >= 15 is 0 Å². The minimum absolute atomic E-state index is 0.147. The molecule has 1 saturated carbocycles. The summed E-state index contributed by atoms with van der Waals surface area (Å²) in [6.07, 6.45) is 1.18. The zero-order chi connectivity index (χ0) is 21.7. The molecule has 3 aliphatic rings. The van der Waals surface area contributed by atoms with Crippen LogP contribution in [0.15, 0.2) is 50.2 Å². The lowest BCUT2D eigenvalue weighted by atomic mass is 9.57. The van der Waals surface area contributed by atoms with Crippen LogP contribution < -0.4 is 24.6 Å². The fraction of sp³-hybridized carbons (Fsp3) is 0.250. The molecule has 2 aliphatic heterocycles. The Balaban J connectivity index is 1.49. The van der Waals surface area contributed by atoms with E-state index in [9.17, 15) is 9.59 Å². The Hall–Kier alpha value is -3.94. The monoisotopic (exact) mass is 432 g/mol. The average Bonchev–Trinajstić information content (AvgIpc) is 3.35. The van der Waals surface area contributed by atoms with E-state index in [2.05, 4.69) is 0 Å². The molecule has 160 valence electrons. The molecule has 8 nitrogen and oxygen atoms in total. The lowest BCUT2D eigenvalue weighted by Gasteiger charge is -2.48. The summed E-state index contributed by atoms with van der Waals surface area (Å²) in [5.41, 5.74) is 2.18. The second-order valence-corrected chi connectivity index (χ2v) is 8.22. The molecule has 8 heteroatoms. The largest absolute Gasteiger partial charge is 0.496 e. The van der Waals surface area contributed by atoms with Gasteiger partial charge in [-0.1, -0.05) is 0 Å². The van der Waals surface area contributed by atoms with Crippen molar-refractivity contribution in [3.05, 3.63) is 58.1 Å². The fourth-order valence-electron chi connectivity index (χ4n) is 5.67. The van der Waals surface area contributed by atoms with E-state index in [-0.39, 0.29) is 17.8 Å². The Labute approximate surface area is 180 Å². The van der Waals surface area contributed by atoms with Crippen molar-refractivity contribution in [2.45, 2.75) is 17.9 Å². The summed E-state index contributed by atoms with van der Waals surface area (Å²) < 4.78 is 34.3. The van der Waals surface area contributed by atoms with Gasteiger partial charge < -0.3 is 27.8 Å². The average molecular weight is 432 g/mol. The van der Waals surface area contributed by atoms with Gasteiger partial charge in [0.2, 0.25) is 0 Å². The van der Waals surface area contributed by atoms with Crippen LogP contribution in [-0.4, -0.2) is 26.3 Å². The first-order valence-electron chi connectivity index (χ1n) is 10.2. The van der Waals surface area contributed by atoms with Gasteiger partial charge >= 0.3 is 11.6 Å². The topological polar surface area (TPSA) is 97.3 Å². The number of methoxy groups -OCH3 is 2. The second kappa shape index (κ2) is 5.85. The van der Waals surface area contributed by atoms with Gasteiger partial charge in [-0.15, -0.1) is 0 Å². The number of hydrogen-bond donors (Lipinski definition) is 0. The molecule has 0 unspecified atom stereocenters. The molecule has 0 spiro atoms. The summed E-state index contributed by atoms with van der Waals surface area (Å²) >= 11 is 0. The summed E-state index contributed by atoms with van der Waals surface area (Å²) in [5, 5.41) is 1.49. The van der Waals surface area contributed by atoms with E-state index in [1.165, 1.54) is 6.07 Å². The van der Waals surface area contributed by atoms with Crippen LogP contribution in [0.4, 0.5) is 0 Å². The minimum atomic E-state index is -0.488. The predicted molar refractivity (Wildman–Crippen MR) is 111 cm³/mol. The number of furan rings is 1. The zero-order valence-electron chi connectivity index (χ0n) is 17.0. The highest BCUT2D eigenvalue weighted by atomic mass is 16.5. The highest BCUT2D eigenvalue weighted by molar-refractivity contribution is 5.94. The molecule has 7 rings (SSSR count). The predicted octanol–water partition coefficient (Wildman–Crippen LogP) is 3.73. The van der Waals surface area contributed by atoms with Crippen molar-refractivity contribution >= 4 is 27.9 Å². The maximum atomic E-state index is 13.0. The number of hydrogen-bond acceptors (Lipinski definition) is 8. The first-order chi connectivity index (χ1) is 15.6. The Morgan fingerprint density at radius 3 is 2.31 bits per heavy atom. The van der Waals surface area contributed by atoms with Crippen LogP contribution in [0.3, 0.4) is 0 Å². The Kier molecular flexibility index (Phi) is 3.24. The van der Waals surface area contributed by atoms with E-state index in [1.807, 2.05) is 6.07 Å². The smallest absolute Gasteiger partial charge is 0.336 e. The number of carbonyl (C=O) groups is 1. The first-order valence-corrected chi connectivity index (χ1v) is 10.2. The molecule has 0 bridgehead atoms. The van der Waals surface area contributed by atoms with Gasteiger partial charge in [0, 0.05) is 41.2 Å². The molecular weight excluding hydrogens is 416 g/mol. The van der Waals surface area contributed by atoms with Crippen molar-refractivity contribution in [1.29, 1.82) is 0 Å². The molecule has 4 atom stereocenters. The van der Waals surface area contributed by atoms with Crippen LogP contribution in [0.25, 0.3) is 21.9 Å². The van der Waals surface area contributed by atoms with Crippen molar-refractivity contribution in [3.63, 3.8) is 0 Å². The van der Waals surface area contributed by atoms with Gasteiger partial charge in [0.1, 0.15) is 46.2 Å². The first kappa shape index (κ1) is 17.7. The summed E-state index contributed by atoms with van der Waals surface area (Å²) in [5.74, 6) is 0.999. The van der Waals surface area contributed by atoms with Gasteiger partial charge in [0.15, 0.2) is 0 Å². The quantitative estimate of drug-likeness (QED) is 0.269. The van der Waals surface area contributed by atoms with Crippen molar-refractivity contribution in [1.82, 2.24) is 0 Å². The third-order valence-electron chi connectivity index (χ3n) is 6.89. The van der Waals surface area contributed by atoms with Gasteiger partial charge in [0.25, 0.3) is 0 Å². The SMILES string of the molecule is COc1c2c(cc3oc(=O)ccc13)O[C@@H]1[C@@H]3C(=O)Oc4cc5occc5c(OC)c4[C@@H]3[C@H]21. The molecule has 2 aromatic heterocycles. The van der Waals surface area contributed by atoms with Gasteiger partial charge in [-0.2, -0.15) is 0 Å². The van der Waals surface area contributed by atoms with Crippen molar-refractivity contribution < 1.29 is 32.6 Å². The molecule has 0 radical (unpaired) electrons. The normalized spacial score (nSPS) is 24.6. The van der Waals surface area contributed by atoms with Crippen LogP contribution in [0.2, 0.25) is 0 Å². The number of ether oxygens (including phenoxy) is 4. The molecule has 0 saturated heterocycles. The maximum absolute atomic E-state index is 13.0. The number of rotatable bonds is 2. The number of benzene rings is 2. The van der Waals surface area contributed by atoms with Crippen molar-refractivity contribution in [3.8, 4) is 23.0 Å². The van der Waals surface area contributed by atoms with Crippen LogP contribution in [0.5, 0.6) is 23.0 Å². The second-order valence-electron chi connectivity index (χ2n) is 8.22. The van der Waals surface area contributed by atoms with Crippen molar-refractivity contribution in [2.24, 2.45) is 5.92 Å². The number of esters is 1. The van der Waals surface area contributed by atoms with E-state index in [0.29, 0.717) is 39.6 Å². The third kappa shape index (κ3) is 1.97. The molecule has 4 heterocycles. The molecule has 1 fully saturated rings. The van der Waals surface area contributed by atoms with Gasteiger partial charge in [-0.3, -0.25) is 4.79 Å². The van der Waals surface area contributed by atoms with Crippen LogP contribution in [0.1, 0.15) is 23.0 Å². The number of carbonyl (C=O) groups excluding carboxylic acids is 1. The molecular formula is C24H16O8.